The van der Waals surface area contributed by atoms with Crippen molar-refractivity contribution in [1.82, 2.24) is 9.80 Å². The van der Waals surface area contributed by atoms with Gasteiger partial charge in [-0.2, -0.15) is 0 Å². The van der Waals surface area contributed by atoms with Crippen molar-refractivity contribution >= 4 is 12.4 Å². The first-order valence-electron chi connectivity index (χ1n) is 11.5. The van der Waals surface area contributed by atoms with Crippen LogP contribution in [0.2, 0.25) is 0 Å². The molecule has 1 unspecified atom stereocenters. The molecule has 2 N–H and O–H groups in total. The van der Waals surface area contributed by atoms with Gasteiger partial charge >= 0.3 is 0 Å². The van der Waals surface area contributed by atoms with Gasteiger partial charge in [-0.15, -0.1) is 12.4 Å². The lowest BCUT2D eigenvalue weighted by Gasteiger charge is -2.36. The van der Waals surface area contributed by atoms with Gasteiger partial charge in [0, 0.05) is 38.8 Å². The van der Waals surface area contributed by atoms with Crippen molar-refractivity contribution in [2.45, 2.75) is 77.2 Å². The molecule has 0 radical (unpaired) electrons. The molecule has 1 aliphatic rings. The lowest BCUT2D eigenvalue weighted by molar-refractivity contribution is 0.125. The van der Waals surface area contributed by atoms with Crippen LogP contribution in [0.15, 0.2) is 30.3 Å². The second kappa shape index (κ2) is 16.2. The Kier molecular flexibility index (Phi) is 14.7. The highest BCUT2D eigenvalue weighted by Crippen LogP contribution is 2.14. The Balaban J connectivity index is 0.00000392. The van der Waals surface area contributed by atoms with Crippen LogP contribution < -0.4 is 5.73 Å². The molecule has 1 fully saturated rings. The van der Waals surface area contributed by atoms with Gasteiger partial charge in [-0.3, -0.25) is 4.90 Å². The Labute approximate surface area is 180 Å². The van der Waals surface area contributed by atoms with Crippen LogP contribution in [0.25, 0.3) is 0 Å². The zero-order chi connectivity index (χ0) is 19.2. The van der Waals surface area contributed by atoms with E-state index in [1.807, 2.05) is 0 Å². The van der Waals surface area contributed by atoms with Gasteiger partial charge in [-0.1, -0.05) is 95.0 Å². The summed E-state index contributed by atoms with van der Waals surface area (Å²) in [5.41, 5.74) is 7.63. The number of benzene rings is 1. The predicted octanol–water partition coefficient (Wildman–Crippen LogP) is 5.65. The van der Waals surface area contributed by atoms with E-state index in [0.29, 0.717) is 0 Å². The molecule has 1 atom stereocenters. The molecule has 1 heterocycles. The van der Waals surface area contributed by atoms with E-state index in [4.69, 9.17) is 5.73 Å². The number of nitrogens with two attached hydrogens (primary N) is 1. The third-order valence-electron chi connectivity index (χ3n) is 5.98. The van der Waals surface area contributed by atoms with Crippen molar-refractivity contribution in [3.8, 4) is 0 Å². The molecule has 0 saturated carbocycles. The maximum absolute atomic E-state index is 6.38. The van der Waals surface area contributed by atoms with Crippen molar-refractivity contribution in [3.63, 3.8) is 0 Å². The molecule has 162 valence electrons. The average molecular weight is 410 g/mol. The Morgan fingerprint density at radius 2 is 1.25 bits per heavy atom. The summed E-state index contributed by atoms with van der Waals surface area (Å²) in [5, 5.41) is 0. The number of halogens is 1. The summed E-state index contributed by atoms with van der Waals surface area (Å²) in [5.74, 6) is 0. The molecule has 1 aromatic rings. The van der Waals surface area contributed by atoms with Crippen molar-refractivity contribution in [2.75, 3.05) is 39.3 Å². The first-order valence-corrected chi connectivity index (χ1v) is 11.5. The Morgan fingerprint density at radius 3 is 1.82 bits per heavy atom. The summed E-state index contributed by atoms with van der Waals surface area (Å²) in [6.45, 7) is 9.30. The van der Waals surface area contributed by atoms with Crippen LogP contribution >= 0.6 is 12.4 Å². The molecule has 1 aromatic carbocycles. The van der Waals surface area contributed by atoms with E-state index in [2.05, 4.69) is 47.1 Å². The topological polar surface area (TPSA) is 32.5 Å². The first kappa shape index (κ1) is 25.4. The SMILES string of the molecule is CCCCCCCCCCCCN1CCN(CC(N)c2ccccc2)CC1.Cl. The number of nitrogens with zero attached hydrogens (tertiary/aromatic N) is 2. The molecule has 0 amide bonds. The van der Waals surface area contributed by atoms with E-state index in [9.17, 15) is 0 Å². The highest BCUT2D eigenvalue weighted by atomic mass is 35.5. The lowest BCUT2D eigenvalue weighted by atomic mass is 10.1. The number of piperazine rings is 1. The van der Waals surface area contributed by atoms with Crippen LogP contribution in [0.1, 0.15) is 82.7 Å². The molecule has 4 heteroatoms. The van der Waals surface area contributed by atoms with Crippen LogP contribution in [0.4, 0.5) is 0 Å². The molecule has 1 aliphatic heterocycles. The molecule has 1 saturated heterocycles. The van der Waals surface area contributed by atoms with Gasteiger partial charge in [0.2, 0.25) is 0 Å². The Hall–Kier alpha value is -0.610. The molecule has 2 rings (SSSR count). The maximum atomic E-state index is 6.38. The quantitative estimate of drug-likeness (QED) is 0.403. The fraction of sp³-hybridized carbons (Fsp3) is 0.750. The van der Waals surface area contributed by atoms with Crippen molar-refractivity contribution < 1.29 is 0 Å². The summed E-state index contributed by atoms with van der Waals surface area (Å²) < 4.78 is 0. The van der Waals surface area contributed by atoms with Gasteiger partial charge in [0.25, 0.3) is 0 Å². The van der Waals surface area contributed by atoms with Crippen molar-refractivity contribution in [1.29, 1.82) is 0 Å². The van der Waals surface area contributed by atoms with Gasteiger partial charge < -0.3 is 10.6 Å². The summed E-state index contributed by atoms with van der Waals surface area (Å²) in [6.07, 6.45) is 14.2. The van der Waals surface area contributed by atoms with Crippen molar-refractivity contribution in [3.05, 3.63) is 35.9 Å². The third kappa shape index (κ3) is 10.8. The first-order chi connectivity index (χ1) is 13.3. The number of hydrogen-bond donors (Lipinski definition) is 1. The molecular formula is C24H44ClN3. The van der Waals surface area contributed by atoms with E-state index in [1.165, 1.54) is 89.4 Å². The minimum atomic E-state index is 0. The highest BCUT2D eigenvalue weighted by Gasteiger charge is 2.18. The van der Waals surface area contributed by atoms with Crippen LogP contribution in [0.5, 0.6) is 0 Å². The predicted molar refractivity (Wildman–Crippen MR) is 125 cm³/mol. The second-order valence-electron chi connectivity index (χ2n) is 8.34. The van der Waals surface area contributed by atoms with Gasteiger partial charge in [-0.05, 0) is 18.5 Å². The van der Waals surface area contributed by atoms with Crippen LogP contribution in [-0.2, 0) is 0 Å². The van der Waals surface area contributed by atoms with Crippen molar-refractivity contribution in [2.24, 2.45) is 5.73 Å². The minimum absolute atomic E-state index is 0. The standard InChI is InChI=1S/C24H43N3.ClH/c1-2-3-4-5-6-7-8-9-10-14-17-26-18-20-27(21-19-26)22-24(25)23-15-12-11-13-16-23;/h11-13,15-16,24H,2-10,14,17-22,25H2,1H3;1H. The lowest BCUT2D eigenvalue weighted by Crippen LogP contribution is -2.48. The normalized spacial score (nSPS) is 16.6. The summed E-state index contributed by atoms with van der Waals surface area (Å²) in [7, 11) is 0. The van der Waals surface area contributed by atoms with Crippen LogP contribution in [0.3, 0.4) is 0 Å². The van der Waals surface area contributed by atoms with E-state index >= 15 is 0 Å². The minimum Gasteiger partial charge on any atom is -0.323 e. The molecule has 0 aliphatic carbocycles. The van der Waals surface area contributed by atoms with E-state index in [0.717, 1.165) is 19.6 Å². The van der Waals surface area contributed by atoms with E-state index < -0.39 is 0 Å². The molecule has 3 nitrogen and oxygen atoms in total. The average Bonchev–Trinajstić information content (AvgIpc) is 2.71. The van der Waals surface area contributed by atoms with Gasteiger partial charge in [0.1, 0.15) is 0 Å². The van der Waals surface area contributed by atoms with Crippen LogP contribution in [0, 0.1) is 0 Å². The van der Waals surface area contributed by atoms with Gasteiger partial charge in [0.05, 0.1) is 0 Å². The summed E-state index contributed by atoms with van der Waals surface area (Å²) >= 11 is 0. The molecular weight excluding hydrogens is 366 g/mol. The second-order valence-corrected chi connectivity index (χ2v) is 8.34. The maximum Gasteiger partial charge on any atom is 0.0424 e. The smallest absolute Gasteiger partial charge is 0.0424 e. The third-order valence-corrected chi connectivity index (χ3v) is 5.98. The van der Waals surface area contributed by atoms with Gasteiger partial charge in [-0.25, -0.2) is 0 Å². The monoisotopic (exact) mass is 409 g/mol. The highest BCUT2D eigenvalue weighted by molar-refractivity contribution is 5.85. The fourth-order valence-electron chi connectivity index (χ4n) is 4.10. The molecule has 28 heavy (non-hydrogen) atoms. The number of hydrogen-bond acceptors (Lipinski definition) is 3. The Morgan fingerprint density at radius 1 is 0.750 bits per heavy atom. The molecule has 0 bridgehead atoms. The largest absolute Gasteiger partial charge is 0.323 e. The summed E-state index contributed by atoms with van der Waals surface area (Å²) in [4.78, 5) is 5.18. The number of unbranched alkanes of at least 4 members (excludes halogenated alkanes) is 9. The van der Waals surface area contributed by atoms with E-state index in [1.54, 1.807) is 0 Å². The molecule has 0 spiro atoms. The zero-order valence-electron chi connectivity index (χ0n) is 18.2. The van der Waals surface area contributed by atoms with E-state index in [-0.39, 0.29) is 18.4 Å². The van der Waals surface area contributed by atoms with Gasteiger partial charge in [0.15, 0.2) is 0 Å². The zero-order valence-corrected chi connectivity index (χ0v) is 19.0. The fourth-order valence-corrected chi connectivity index (χ4v) is 4.10. The summed E-state index contributed by atoms with van der Waals surface area (Å²) in [6, 6.07) is 10.7. The molecule has 0 aromatic heterocycles. The Bertz CT molecular complexity index is 460. The number of rotatable bonds is 14. The van der Waals surface area contributed by atoms with Crippen LogP contribution in [-0.4, -0.2) is 49.1 Å².